The number of rotatable bonds is 5. The Kier molecular flexibility index (Phi) is 4.80. The lowest BCUT2D eigenvalue weighted by Gasteiger charge is -2.14. The molecule has 21 heavy (non-hydrogen) atoms. The summed E-state index contributed by atoms with van der Waals surface area (Å²) in [4.78, 5) is 14.3. The second-order valence-corrected chi connectivity index (χ2v) is 5.74. The quantitative estimate of drug-likeness (QED) is 0.891. The first-order valence-electron chi connectivity index (χ1n) is 6.71. The first-order chi connectivity index (χ1) is 10.0. The number of nitrogens with zero attached hydrogens (tertiary/aromatic N) is 2. The molecule has 0 atom stereocenters. The number of hydrogen-bond donors (Lipinski definition) is 2. The van der Waals surface area contributed by atoms with E-state index in [1.54, 1.807) is 7.05 Å². The van der Waals surface area contributed by atoms with Crippen LogP contribution in [0, 0.1) is 6.92 Å². The zero-order chi connectivity index (χ0) is 15.4. The van der Waals surface area contributed by atoms with Crippen LogP contribution in [0.3, 0.4) is 0 Å². The van der Waals surface area contributed by atoms with Crippen molar-refractivity contribution >= 4 is 28.1 Å². The minimum atomic E-state index is -0.0964. The fourth-order valence-electron chi connectivity index (χ4n) is 2.02. The molecule has 112 valence electrons. The maximum atomic E-state index is 12.3. The second-order valence-electron chi connectivity index (χ2n) is 4.97. The molecule has 1 aromatic carbocycles. The van der Waals surface area contributed by atoms with Gasteiger partial charge < -0.3 is 15.5 Å². The molecule has 1 aromatic heterocycles. The average Bonchev–Trinajstić information content (AvgIpc) is 2.86. The lowest BCUT2D eigenvalue weighted by molar-refractivity contribution is 0.0951. The van der Waals surface area contributed by atoms with E-state index in [0.29, 0.717) is 12.1 Å². The number of aryl methyl sites for hydroxylation is 1. The summed E-state index contributed by atoms with van der Waals surface area (Å²) in [6, 6.07) is 8.10. The summed E-state index contributed by atoms with van der Waals surface area (Å²) in [5, 5.41) is 6.76. The van der Waals surface area contributed by atoms with Gasteiger partial charge >= 0.3 is 0 Å². The summed E-state index contributed by atoms with van der Waals surface area (Å²) in [6.45, 7) is 2.35. The Balaban J connectivity index is 2.07. The molecule has 2 aromatic rings. The molecule has 0 bridgehead atoms. The summed E-state index contributed by atoms with van der Waals surface area (Å²) in [5.74, 6) is -0.0964. The monoisotopic (exact) mass is 304 g/mol. The Morgan fingerprint density at radius 3 is 2.81 bits per heavy atom. The van der Waals surface area contributed by atoms with Crippen LogP contribution in [0.4, 0.5) is 10.7 Å². The van der Waals surface area contributed by atoms with E-state index in [1.165, 1.54) is 11.5 Å². The van der Waals surface area contributed by atoms with Gasteiger partial charge in [0.05, 0.1) is 11.3 Å². The van der Waals surface area contributed by atoms with Gasteiger partial charge in [0.15, 0.2) is 0 Å². The van der Waals surface area contributed by atoms with E-state index in [4.69, 9.17) is 0 Å². The Hall–Kier alpha value is -2.08. The van der Waals surface area contributed by atoms with Crippen molar-refractivity contribution in [3.05, 3.63) is 41.1 Å². The van der Waals surface area contributed by atoms with Gasteiger partial charge in [-0.2, -0.15) is 4.37 Å². The minimum absolute atomic E-state index is 0.0964. The molecule has 1 heterocycles. The van der Waals surface area contributed by atoms with Crippen LogP contribution in [-0.2, 0) is 6.54 Å². The van der Waals surface area contributed by atoms with E-state index in [-0.39, 0.29) is 5.91 Å². The number of aromatic nitrogens is 1. The van der Waals surface area contributed by atoms with Gasteiger partial charge in [0.1, 0.15) is 5.00 Å². The molecule has 2 N–H and O–H groups in total. The smallest absolute Gasteiger partial charge is 0.256 e. The highest BCUT2D eigenvalue weighted by atomic mass is 32.1. The number of benzene rings is 1. The molecule has 6 heteroatoms. The van der Waals surface area contributed by atoms with Crippen molar-refractivity contribution in [3.63, 3.8) is 0 Å². The van der Waals surface area contributed by atoms with E-state index < -0.39 is 0 Å². The normalized spacial score (nSPS) is 10.3. The predicted molar refractivity (Wildman–Crippen MR) is 88.3 cm³/mol. The number of anilines is 2. The fourth-order valence-corrected chi connectivity index (χ4v) is 2.77. The standard InChI is InChI=1S/C15H20N4OS/c1-10-13(15(16-2)21-18-10)14(20)17-9-11-6-5-7-12(8-11)19(3)4/h5-8,16H,9H2,1-4H3,(H,17,20). The van der Waals surface area contributed by atoms with Gasteiger partial charge in [0, 0.05) is 33.4 Å². The number of nitrogens with one attached hydrogen (secondary N) is 2. The van der Waals surface area contributed by atoms with Crippen LogP contribution in [0.1, 0.15) is 21.6 Å². The molecule has 0 aliphatic rings. The first-order valence-corrected chi connectivity index (χ1v) is 7.48. The van der Waals surface area contributed by atoms with Crippen molar-refractivity contribution in [1.82, 2.24) is 9.69 Å². The molecular weight excluding hydrogens is 284 g/mol. The van der Waals surface area contributed by atoms with Crippen LogP contribution in [0.5, 0.6) is 0 Å². The number of carbonyl (C=O) groups is 1. The van der Waals surface area contributed by atoms with E-state index in [2.05, 4.69) is 21.1 Å². The van der Waals surface area contributed by atoms with Gasteiger partial charge in [-0.25, -0.2) is 0 Å². The molecule has 2 rings (SSSR count). The van der Waals surface area contributed by atoms with E-state index in [1.807, 2.05) is 44.1 Å². The fraction of sp³-hybridized carbons (Fsp3) is 0.333. The zero-order valence-corrected chi connectivity index (χ0v) is 13.5. The summed E-state index contributed by atoms with van der Waals surface area (Å²) >= 11 is 1.30. The molecular formula is C15H20N4OS. The van der Waals surface area contributed by atoms with Gasteiger partial charge in [-0.3, -0.25) is 4.79 Å². The highest BCUT2D eigenvalue weighted by Gasteiger charge is 2.17. The third-order valence-corrected chi connectivity index (χ3v) is 4.15. The molecule has 0 unspecified atom stereocenters. The van der Waals surface area contributed by atoms with Crippen LogP contribution < -0.4 is 15.5 Å². The summed E-state index contributed by atoms with van der Waals surface area (Å²) in [6.07, 6.45) is 0. The third-order valence-electron chi connectivity index (χ3n) is 3.20. The van der Waals surface area contributed by atoms with Gasteiger partial charge in [0.25, 0.3) is 5.91 Å². The van der Waals surface area contributed by atoms with Gasteiger partial charge in [0.2, 0.25) is 0 Å². The number of carbonyl (C=O) groups excluding carboxylic acids is 1. The molecule has 0 fully saturated rings. The summed E-state index contributed by atoms with van der Waals surface area (Å²) in [7, 11) is 5.79. The van der Waals surface area contributed by atoms with Crippen molar-refractivity contribution < 1.29 is 4.79 Å². The number of amides is 1. The van der Waals surface area contributed by atoms with Gasteiger partial charge in [-0.1, -0.05) is 12.1 Å². The number of hydrogen-bond acceptors (Lipinski definition) is 5. The SMILES string of the molecule is CNc1snc(C)c1C(=O)NCc1cccc(N(C)C)c1. The van der Waals surface area contributed by atoms with Crippen LogP contribution in [0.15, 0.2) is 24.3 Å². The van der Waals surface area contributed by atoms with Crippen LogP contribution in [0.2, 0.25) is 0 Å². The highest BCUT2D eigenvalue weighted by molar-refractivity contribution is 7.10. The molecule has 1 amide bonds. The summed E-state index contributed by atoms with van der Waals surface area (Å²) in [5.41, 5.74) is 3.57. The average molecular weight is 304 g/mol. The topological polar surface area (TPSA) is 57.3 Å². The largest absolute Gasteiger partial charge is 0.378 e. The lowest BCUT2D eigenvalue weighted by atomic mass is 10.1. The minimum Gasteiger partial charge on any atom is -0.378 e. The van der Waals surface area contributed by atoms with Gasteiger partial charge in [-0.05, 0) is 36.2 Å². The van der Waals surface area contributed by atoms with Crippen LogP contribution in [-0.4, -0.2) is 31.4 Å². The van der Waals surface area contributed by atoms with E-state index >= 15 is 0 Å². The maximum Gasteiger partial charge on any atom is 0.256 e. The third kappa shape index (κ3) is 3.52. The van der Waals surface area contributed by atoms with Crippen molar-refractivity contribution in [2.75, 3.05) is 31.4 Å². The molecule has 0 saturated heterocycles. The molecule has 0 saturated carbocycles. The molecule has 5 nitrogen and oxygen atoms in total. The highest BCUT2D eigenvalue weighted by Crippen LogP contribution is 2.23. The Morgan fingerprint density at radius 2 is 2.14 bits per heavy atom. The molecule has 0 radical (unpaired) electrons. The summed E-state index contributed by atoms with van der Waals surface area (Å²) < 4.78 is 4.21. The van der Waals surface area contributed by atoms with Crippen molar-refractivity contribution in [3.8, 4) is 0 Å². The van der Waals surface area contributed by atoms with Crippen molar-refractivity contribution in [2.45, 2.75) is 13.5 Å². The van der Waals surface area contributed by atoms with Crippen molar-refractivity contribution in [2.24, 2.45) is 0 Å². The maximum absolute atomic E-state index is 12.3. The van der Waals surface area contributed by atoms with Gasteiger partial charge in [-0.15, -0.1) is 0 Å². The first kappa shape index (κ1) is 15.3. The Morgan fingerprint density at radius 1 is 1.38 bits per heavy atom. The van der Waals surface area contributed by atoms with Crippen molar-refractivity contribution in [1.29, 1.82) is 0 Å². The van der Waals surface area contributed by atoms with Crippen LogP contribution >= 0.6 is 11.5 Å². The van der Waals surface area contributed by atoms with E-state index in [9.17, 15) is 4.79 Å². The Bertz CT molecular complexity index is 636. The lowest BCUT2D eigenvalue weighted by Crippen LogP contribution is -2.24. The molecule has 0 aliphatic carbocycles. The second kappa shape index (κ2) is 6.58. The Labute approximate surface area is 129 Å². The molecule has 0 aliphatic heterocycles. The van der Waals surface area contributed by atoms with Crippen LogP contribution in [0.25, 0.3) is 0 Å². The molecule has 0 spiro atoms. The zero-order valence-electron chi connectivity index (χ0n) is 12.7. The van der Waals surface area contributed by atoms with E-state index in [0.717, 1.165) is 21.9 Å². The predicted octanol–water partition coefficient (Wildman–Crippen LogP) is 2.49.